The normalized spacial score (nSPS) is 11.5. The molecule has 0 saturated carbocycles. The number of anilines is 1. The maximum atomic E-state index is 12.0. The Bertz CT molecular complexity index is 368. The Kier molecular flexibility index (Phi) is 3.43. The van der Waals surface area contributed by atoms with E-state index >= 15 is 0 Å². The molecule has 0 amide bonds. The molecule has 0 bridgehead atoms. The van der Waals surface area contributed by atoms with E-state index in [1.807, 2.05) is 0 Å². The van der Waals surface area contributed by atoms with Crippen molar-refractivity contribution in [2.24, 2.45) is 0 Å². The lowest BCUT2D eigenvalue weighted by Gasteiger charge is -2.14. The van der Waals surface area contributed by atoms with Crippen molar-refractivity contribution in [3.8, 4) is 5.75 Å². The quantitative estimate of drug-likeness (QED) is 0.850. The van der Waals surface area contributed by atoms with Crippen LogP contribution in [0.25, 0.3) is 0 Å². The van der Waals surface area contributed by atoms with Crippen LogP contribution in [0.4, 0.5) is 19.0 Å². The molecule has 0 aliphatic rings. The van der Waals surface area contributed by atoms with Gasteiger partial charge in [0.2, 0.25) is 0 Å². The van der Waals surface area contributed by atoms with Crippen molar-refractivity contribution >= 4 is 21.7 Å². The molecule has 1 heterocycles. The molecule has 15 heavy (non-hydrogen) atoms. The highest BCUT2D eigenvalue weighted by Gasteiger charge is 2.33. The fraction of sp³-hybridized carbons (Fsp3) is 0.375. The van der Waals surface area contributed by atoms with Crippen LogP contribution in [0.3, 0.4) is 0 Å². The van der Waals surface area contributed by atoms with E-state index in [0.29, 0.717) is 11.3 Å². The molecule has 3 nitrogen and oxygen atoms in total. The Morgan fingerprint density at radius 3 is 2.60 bits per heavy atom. The number of nitrogens with zero attached hydrogens (tertiary/aromatic N) is 1. The van der Waals surface area contributed by atoms with Crippen LogP contribution in [0.1, 0.15) is 11.3 Å². The van der Waals surface area contributed by atoms with Gasteiger partial charge in [0, 0.05) is 16.6 Å². The van der Waals surface area contributed by atoms with E-state index in [1.165, 1.54) is 6.07 Å². The number of ether oxygens (including phenoxy) is 1. The summed E-state index contributed by atoms with van der Waals surface area (Å²) in [4.78, 5) is 3.70. The number of aromatic nitrogens is 1. The van der Waals surface area contributed by atoms with Crippen molar-refractivity contribution in [2.75, 3.05) is 5.73 Å². The van der Waals surface area contributed by atoms with Gasteiger partial charge in [-0.25, -0.2) is 4.98 Å². The Morgan fingerprint density at radius 2 is 2.13 bits per heavy atom. The zero-order valence-electron chi connectivity index (χ0n) is 7.73. The van der Waals surface area contributed by atoms with E-state index in [9.17, 15) is 13.2 Å². The summed E-state index contributed by atoms with van der Waals surface area (Å²) in [5.41, 5.74) is 6.20. The first kappa shape index (κ1) is 12.1. The third kappa shape index (κ3) is 3.26. The van der Waals surface area contributed by atoms with Gasteiger partial charge in [-0.2, -0.15) is 0 Å². The molecule has 0 radical (unpaired) electrons. The van der Waals surface area contributed by atoms with Gasteiger partial charge in [-0.05, 0) is 13.0 Å². The molecule has 0 atom stereocenters. The Balaban J connectivity index is 3.15. The molecule has 0 spiro atoms. The fourth-order valence-electron chi connectivity index (χ4n) is 1.09. The molecule has 84 valence electrons. The average molecular weight is 285 g/mol. The summed E-state index contributed by atoms with van der Waals surface area (Å²) >= 11 is 3.05. The van der Waals surface area contributed by atoms with Crippen molar-refractivity contribution in [1.29, 1.82) is 0 Å². The minimum absolute atomic E-state index is 0.214. The number of halogens is 4. The van der Waals surface area contributed by atoms with Crippen LogP contribution in [0.15, 0.2) is 6.07 Å². The number of nitrogens with two attached hydrogens (primary N) is 1. The van der Waals surface area contributed by atoms with Crippen LogP contribution in [-0.2, 0) is 5.33 Å². The summed E-state index contributed by atoms with van der Waals surface area (Å²) < 4.78 is 39.8. The van der Waals surface area contributed by atoms with Crippen molar-refractivity contribution < 1.29 is 17.9 Å². The van der Waals surface area contributed by atoms with Crippen molar-refractivity contribution in [2.45, 2.75) is 18.6 Å². The van der Waals surface area contributed by atoms with Crippen LogP contribution < -0.4 is 10.5 Å². The lowest BCUT2D eigenvalue weighted by Crippen LogP contribution is -2.19. The molecular formula is C8H8BrF3N2O. The number of pyridine rings is 1. The SMILES string of the molecule is Cc1cc(CBr)c(OC(F)(F)F)c(N)n1. The van der Waals surface area contributed by atoms with Gasteiger partial charge in [0.25, 0.3) is 0 Å². The fourth-order valence-corrected chi connectivity index (χ4v) is 1.50. The monoisotopic (exact) mass is 284 g/mol. The smallest absolute Gasteiger partial charge is 0.402 e. The summed E-state index contributed by atoms with van der Waals surface area (Å²) in [6.07, 6.45) is -4.76. The first-order valence-electron chi connectivity index (χ1n) is 3.91. The highest BCUT2D eigenvalue weighted by atomic mass is 79.9. The zero-order valence-corrected chi connectivity index (χ0v) is 9.32. The van der Waals surface area contributed by atoms with Gasteiger partial charge < -0.3 is 10.5 Å². The molecule has 0 aliphatic carbocycles. The van der Waals surface area contributed by atoms with E-state index in [-0.39, 0.29) is 11.1 Å². The summed E-state index contributed by atoms with van der Waals surface area (Å²) in [5.74, 6) is -0.702. The lowest BCUT2D eigenvalue weighted by atomic mass is 10.2. The third-order valence-electron chi connectivity index (χ3n) is 1.57. The number of hydrogen-bond donors (Lipinski definition) is 1. The molecular weight excluding hydrogens is 277 g/mol. The molecule has 1 aromatic heterocycles. The molecule has 0 fully saturated rings. The van der Waals surface area contributed by atoms with Crippen LogP contribution in [-0.4, -0.2) is 11.3 Å². The van der Waals surface area contributed by atoms with Crippen LogP contribution in [0.2, 0.25) is 0 Å². The van der Waals surface area contributed by atoms with Gasteiger partial charge in [0.05, 0.1) is 0 Å². The van der Waals surface area contributed by atoms with E-state index in [2.05, 4.69) is 25.7 Å². The maximum Gasteiger partial charge on any atom is 0.573 e. The number of alkyl halides is 4. The number of hydrogen-bond acceptors (Lipinski definition) is 3. The first-order valence-corrected chi connectivity index (χ1v) is 5.03. The van der Waals surface area contributed by atoms with Crippen LogP contribution in [0.5, 0.6) is 5.75 Å². The zero-order chi connectivity index (χ0) is 11.6. The molecule has 1 aromatic rings. The van der Waals surface area contributed by atoms with E-state index in [4.69, 9.17) is 5.73 Å². The van der Waals surface area contributed by atoms with Gasteiger partial charge in [0.1, 0.15) is 0 Å². The Hall–Kier alpha value is -0.980. The van der Waals surface area contributed by atoms with E-state index < -0.39 is 12.1 Å². The van der Waals surface area contributed by atoms with Gasteiger partial charge in [-0.1, -0.05) is 15.9 Å². The van der Waals surface area contributed by atoms with Crippen LogP contribution >= 0.6 is 15.9 Å². The molecule has 2 N–H and O–H groups in total. The topological polar surface area (TPSA) is 48.1 Å². The summed E-state index contributed by atoms with van der Waals surface area (Å²) in [6.45, 7) is 1.64. The molecule has 0 unspecified atom stereocenters. The van der Waals surface area contributed by atoms with Crippen molar-refractivity contribution in [1.82, 2.24) is 4.98 Å². The standard InChI is InChI=1S/C8H8BrF3N2O/c1-4-2-5(3-9)6(7(13)14-4)15-8(10,11)12/h2H,3H2,1H3,(H2,13,14). The number of nitrogen functional groups attached to an aromatic ring is 1. The van der Waals surface area contributed by atoms with Crippen molar-refractivity contribution in [3.05, 3.63) is 17.3 Å². The maximum absolute atomic E-state index is 12.0. The minimum Gasteiger partial charge on any atom is -0.402 e. The summed E-state index contributed by atoms with van der Waals surface area (Å²) in [5, 5.41) is 0.214. The second kappa shape index (κ2) is 4.26. The van der Waals surface area contributed by atoms with Gasteiger partial charge >= 0.3 is 6.36 Å². The van der Waals surface area contributed by atoms with Crippen molar-refractivity contribution in [3.63, 3.8) is 0 Å². The van der Waals surface area contributed by atoms with E-state index in [0.717, 1.165) is 0 Å². The summed E-state index contributed by atoms with van der Waals surface area (Å²) in [7, 11) is 0. The van der Waals surface area contributed by atoms with Gasteiger partial charge in [-0.15, -0.1) is 13.2 Å². The Labute approximate surface area is 92.6 Å². The number of rotatable bonds is 2. The van der Waals surface area contributed by atoms with Gasteiger partial charge in [0.15, 0.2) is 11.6 Å². The third-order valence-corrected chi connectivity index (χ3v) is 2.17. The predicted octanol–water partition coefficient (Wildman–Crippen LogP) is 2.77. The molecule has 0 aliphatic heterocycles. The highest BCUT2D eigenvalue weighted by Crippen LogP contribution is 2.32. The molecule has 0 saturated heterocycles. The summed E-state index contributed by atoms with van der Waals surface area (Å²) in [6, 6.07) is 1.48. The highest BCUT2D eigenvalue weighted by molar-refractivity contribution is 9.08. The largest absolute Gasteiger partial charge is 0.573 e. The minimum atomic E-state index is -4.76. The average Bonchev–Trinajstić information content (AvgIpc) is 2.07. The second-order valence-electron chi connectivity index (χ2n) is 2.82. The first-order chi connectivity index (χ1) is 6.83. The van der Waals surface area contributed by atoms with Crippen LogP contribution in [0, 0.1) is 6.92 Å². The van der Waals surface area contributed by atoms with Gasteiger partial charge in [-0.3, -0.25) is 0 Å². The second-order valence-corrected chi connectivity index (χ2v) is 3.38. The number of aryl methyl sites for hydroxylation is 1. The molecule has 7 heteroatoms. The molecule has 0 aromatic carbocycles. The van der Waals surface area contributed by atoms with E-state index in [1.54, 1.807) is 6.92 Å². The lowest BCUT2D eigenvalue weighted by molar-refractivity contribution is -0.274. The molecule has 1 rings (SSSR count). The Morgan fingerprint density at radius 1 is 1.53 bits per heavy atom. The predicted molar refractivity (Wildman–Crippen MR) is 52.7 cm³/mol.